The number of ether oxygens (including phenoxy) is 2. The first-order valence-electron chi connectivity index (χ1n) is 9.60. The summed E-state index contributed by atoms with van der Waals surface area (Å²) in [7, 11) is 1.62. The minimum Gasteiger partial charge on any atom is -0.493 e. The smallest absolute Gasteiger partial charge is 0.251 e. The van der Waals surface area contributed by atoms with Crippen molar-refractivity contribution in [1.82, 2.24) is 10.6 Å². The van der Waals surface area contributed by atoms with Gasteiger partial charge in [0.15, 0.2) is 11.5 Å². The van der Waals surface area contributed by atoms with E-state index in [1.807, 2.05) is 12.1 Å². The van der Waals surface area contributed by atoms with Crippen LogP contribution in [0.3, 0.4) is 0 Å². The summed E-state index contributed by atoms with van der Waals surface area (Å²) in [4.78, 5) is 12.4. The number of methoxy groups -OCH3 is 1. The molecule has 1 heterocycles. The van der Waals surface area contributed by atoms with Crippen LogP contribution in [-0.4, -0.2) is 38.8 Å². The molecule has 3 rings (SSSR count). The van der Waals surface area contributed by atoms with E-state index < -0.39 is 0 Å². The van der Waals surface area contributed by atoms with Crippen LogP contribution < -0.4 is 20.1 Å². The second kappa shape index (κ2) is 10.6. The zero-order valence-electron chi connectivity index (χ0n) is 15.6. The molecule has 1 aromatic carbocycles. The molecular formula is C20H31ClN2O3. The van der Waals surface area contributed by atoms with Gasteiger partial charge in [0.2, 0.25) is 0 Å². The quantitative estimate of drug-likeness (QED) is 0.757. The normalized spacial score (nSPS) is 20.3. The van der Waals surface area contributed by atoms with Crippen LogP contribution in [0, 0.1) is 5.92 Å². The summed E-state index contributed by atoms with van der Waals surface area (Å²) in [6.07, 6.45) is 8.44. The molecule has 1 aliphatic heterocycles. The number of carbonyl (C=O) groups excluding carboxylic acids is 1. The van der Waals surface area contributed by atoms with E-state index in [2.05, 4.69) is 10.6 Å². The number of benzene rings is 1. The maximum Gasteiger partial charge on any atom is 0.251 e. The van der Waals surface area contributed by atoms with E-state index in [4.69, 9.17) is 9.47 Å². The van der Waals surface area contributed by atoms with Gasteiger partial charge in [-0.3, -0.25) is 4.79 Å². The molecule has 5 nitrogen and oxygen atoms in total. The van der Waals surface area contributed by atoms with E-state index >= 15 is 0 Å². The topological polar surface area (TPSA) is 59.6 Å². The molecule has 1 aromatic rings. The van der Waals surface area contributed by atoms with Gasteiger partial charge in [0.05, 0.1) is 13.2 Å². The average Bonchev–Trinajstić information content (AvgIpc) is 3.16. The lowest BCUT2D eigenvalue weighted by molar-refractivity contribution is 0.0950. The monoisotopic (exact) mass is 382 g/mol. The third-order valence-electron chi connectivity index (χ3n) is 5.26. The van der Waals surface area contributed by atoms with Crippen LogP contribution in [0.1, 0.15) is 55.3 Å². The van der Waals surface area contributed by atoms with E-state index in [1.54, 1.807) is 13.2 Å². The summed E-state index contributed by atoms with van der Waals surface area (Å²) < 4.78 is 11.5. The number of nitrogens with one attached hydrogen (secondary N) is 2. The molecule has 1 saturated carbocycles. The molecule has 1 saturated heterocycles. The van der Waals surface area contributed by atoms with Gasteiger partial charge in [-0.2, -0.15) is 0 Å². The Morgan fingerprint density at radius 2 is 2.00 bits per heavy atom. The second-order valence-corrected chi connectivity index (χ2v) is 7.15. The molecule has 2 aliphatic rings. The maximum atomic E-state index is 12.4. The summed E-state index contributed by atoms with van der Waals surface area (Å²) in [6, 6.07) is 5.46. The molecule has 0 radical (unpaired) electrons. The fourth-order valence-electron chi connectivity index (χ4n) is 3.75. The van der Waals surface area contributed by atoms with E-state index in [9.17, 15) is 4.79 Å². The van der Waals surface area contributed by atoms with Crippen LogP contribution in [-0.2, 0) is 0 Å². The van der Waals surface area contributed by atoms with Gasteiger partial charge in [-0.25, -0.2) is 0 Å². The number of halogens is 1. The van der Waals surface area contributed by atoms with E-state index in [-0.39, 0.29) is 24.4 Å². The van der Waals surface area contributed by atoms with Crippen molar-refractivity contribution >= 4 is 18.3 Å². The molecule has 6 heteroatoms. The van der Waals surface area contributed by atoms with Crippen molar-refractivity contribution in [3.8, 4) is 11.5 Å². The molecule has 146 valence electrons. The minimum absolute atomic E-state index is 0. The van der Waals surface area contributed by atoms with Crippen LogP contribution in [0.4, 0.5) is 0 Å². The largest absolute Gasteiger partial charge is 0.493 e. The lowest BCUT2D eigenvalue weighted by Crippen LogP contribution is -2.33. The standard InChI is InChI=1S/C20H30N2O3.ClH/c1-24-19-13-16(8-9-18(19)25-17-6-2-3-7-17)20(23)22-12-10-15-5-4-11-21-14-15;/h8-9,13,15,17,21H,2-7,10-12,14H2,1H3,(H,22,23);1H. The van der Waals surface area contributed by atoms with E-state index in [1.165, 1.54) is 25.7 Å². The minimum atomic E-state index is -0.0468. The third kappa shape index (κ3) is 5.78. The van der Waals surface area contributed by atoms with Crippen LogP contribution >= 0.6 is 12.4 Å². The van der Waals surface area contributed by atoms with Crippen LogP contribution in [0.15, 0.2) is 18.2 Å². The number of carbonyl (C=O) groups is 1. The molecule has 1 atom stereocenters. The van der Waals surface area contributed by atoms with Crippen molar-refractivity contribution < 1.29 is 14.3 Å². The Morgan fingerprint density at radius 1 is 1.19 bits per heavy atom. The van der Waals surface area contributed by atoms with Crippen LogP contribution in [0.5, 0.6) is 11.5 Å². The highest BCUT2D eigenvalue weighted by Gasteiger charge is 2.19. The Hall–Kier alpha value is -1.46. The summed E-state index contributed by atoms with van der Waals surface area (Å²) >= 11 is 0. The SMILES string of the molecule is COc1cc(C(=O)NCCC2CCCNC2)ccc1OC1CCCC1.Cl. The number of rotatable bonds is 7. The molecule has 1 amide bonds. The Kier molecular flexibility index (Phi) is 8.52. The number of amides is 1. The van der Waals surface area contributed by atoms with Crippen LogP contribution in [0.25, 0.3) is 0 Å². The summed E-state index contributed by atoms with van der Waals surface area (Å²) in [5, 5.41) is 6.44. The van der Waals surface area contributed by atoms with E-state index in [0.717, 1.165) is 38.1 Å². The molecule has 26 heavy (non-hydrogen) atoms. The van der Waals surface area contributed by atoms with Gasteiger partial charge in [0.25, 0.3) is 5.91 Å². The predicted molar refractivity (Wildman–Crippen MR) is 106 cm³/mol. The molecule has 1 aliphatic carbocycles. The maximum absolute atomic E-state index is 12.4. The average molecular weight is 383 g/mol. The molecule has 2 fully saturated rings. The van der Waals surface area contributed by atoms with E-state index in [0.29, 0.717) is 23.8 Å². The summed E-state index contributed by atoms with van der Waals surface area (Å²) in [6.45, 7) is 2.91. The third-order valence-corrected chi connectivity index (χ3v) is 5.26. The van der Waals surface area contributed by atoms with Crippen molar-refractivity contribution in [3.05, 3.63) is 23.8 Å². The zero-order chi connectivity index (χ0) is 17.5. The predicted octanol–water partition coefficient (Wildman–Crippen LogP) is 3.56. The van der Waals surface area contributed by atoms with Gasteiger partial charge in [-0.1, -0.05) is 0 Å². The van der Waals surface area contributed by atoms with Crippen molar-refractivity contribution in [1.29, 1.82) is 0 Å². The Labute approximate surface area is 162 Å². The van der Waals surface area contributed by atoms with Gasteiger partial charge in [-0.15, -0.1) is 12.4 Å². The van der Waals surface area contributed by atoms with Crippen molar-refractivity contribution in [2.45, 2.75) is 51.0 Å². The fourth-order valence-corrected chi connectivity index (χ4v) is 3.75. The highest BCUT2D eigenvalue weighted by Crippen LogP contribution is 2.32. The van der Waals surface area contributed by atoms with Gasteiger partial charge < -0.3 is 20.1 Å². The fraction of sp³-hybridized carbons (Fsp3) is 0.650. The molecule has 0 spiro atoms. The van der Waals surface area contributed by atoms with Gasteiger partial charge in [0.1, 0.15) is 0 Å². The molecule has 2 N–H and O–H groups in total. The molecular weight excluding hydrogens is 352 g/mol. The highest BCUT2D eigenvalue weighted by molar-refractivity contribution is 5.94. The Morgan fingerprint density at radius 3 is 2.69 bits per heavy atom. The Balaban J connectivity index is 0.00000243. The molecule has 1 unspecified atom stereocenters. The van der Waals surface area contributed by atoms with Gasteiger partial charge in [-0.05, 0) is 82.2 Å². The summed E-state index contributed by atoms with van der Waals surface area (Å²) in [5.41, 5.74) is 0.623. The van der Waals surface area contributed by atoms with Gasteiger partial charge >= 0.3 is 0 Å². The van der Waals surface area contributed by atoms with Crippen molar-refractivity contribution in [2.24, 2.45) is 5.92 Å². The number of hydrogen-bond donors (Lipinski definition) is 2. The van der Waals surface area contributed by atoms with Crippen molar-refractivity contribution in [3.63, 3.8) is 0 Å². The van der Waals surface area contributed by atoms with Gasteiger partial charge in [0, 0.05) is 12.1 Å². The Bertz CT molecular complexity index is 570. The number of hydrogen-bond acceptors (Lipinski definition) is 4. The number of piperidine rings is 1. The first-order valence-corrected chi connectivity index (χ1v) is 9.60. The summed E-state index contributed by atoms with van der Waals surface area (Å²) in [5.74, 6) is 2.00. The highest BCUT2D eigenvalue weighted by atomic mass is 35.5. The first kappa shape index (κ1) is 20.8. The van der Waals surface area contributed by atoms with Crippen molar-refractivity contribution in [2.75, 3.05) is 26.7 Å². The second-order valence-electron chi connectivity index (χ2n) is 7.15. The van der Waals surface area contributed by atoms with Crippen LogP contribution in [0.2, 0.25) is 0 Å². The first-order chi connectivity index (χ1) is 12.3. The zero-order valence-corrected chi connectivity index (χ0v) is 16.4. The lowest BCUT2D eigenvalue weighted by atomic mass is 9.96. The molecule has 0 aromatic heterocycles. The molecule has 0 bridgehead atoms. The lowest BCUT2D eigenvalue weighted by Gasteiger charge is -2.22.